The molecular weight excluding hydrogens is 378 g/mol. The topological polar surface area (TPSA) is 112 Å². The Morgan fingerprint density at radius 3 is 2.45 bits per heavy atom. The number of carbonyl (C=O) groups excluding carboxylic acids is 1. The minimum absolute atomic E-state index is 0.00107. The van der Waals surface area contributed by atoms with Crippen LogP contribution in [-0.4, -0.2) is 49.9 Å². The van der Waals surface area contributed by atoms with Crippen molar-refractivity contribution in [3.8, 4) is 5.75 Å². The van der Waals surface area contributed by atoms with E-state index in [-0.39, 0.29) is 24.3 Å². The van der Waals surface area contributed by atoms with Crippen LogP contribution in [-0.2, 0) is 20.7 Å². The first-order chi connectivity index (χ1) is 13.8. The number of hydrogen-bond acceptors (Lipinski definition) is 8. The summed E-state index contributed by atoms with van der Waals surface area (Å²) < 4.78 is 16.5. The first-order valence-electron chi connectivity index (χ1n) is 9.45. The maximum atomic E-state index is 12.3. The van der Waals surface area contributed by atoms with Gasteiger partial charge in [-0.25, -0.2) is 0 Å². The summed E-state index contributed by atoms with van der Waals surface area (Å²) in [5.41, 5.74) is 0.0226. The van der Waals surface area contributed by atoms with Crippen LogP contribution in [0.3, 0.4) is 0 Å². The molecule has 2 aliphatic rings. The zero-order valence-corrected chi connectivity index (χ0v) is 17.1. The van der Waals surface area contributed by atoms with Crippen molar-refractivity contribution >= 4 is 5.78 Å². The van der Waals surface area contributed by atoms with E-state index in [0.29, 0.717) is 18.8 Å². The van der Waals surface area contributed by atoms with E-state index in [9.17, 15) is 14.9 Å². The van der Waals surface area contributed by atoms with Gasteiger partial charge in [-0.15, -0.1) is 0 Å². The van der Waals surface area contributed by atoms with Crippen molar-refractivity contribution < 1.29 is 23.9 Å². The number of ketones is 1. The Balaban J connectivity index is 1.86. The Bertz CT molecular complexity index is 818. The van der Waals surface area contributed by atoms with Crippen LogP contribution >= 0.6 is 0 Å². The summed E-state index contributed by atoms with van der Waals surface area (Å²) >= 11 is 0. The molecule has 1 saturated carbocycles. The molecule has 0 spiro atoms. The van der Waals surface area contributed by atoms with Crippen molar-refractivity contribution in [2.75, 3.05) is 27.9 Å². The predicted octanol–water partition coefficient (Wildman–Crippen LogP) is 1.60. The number of hydrogen-bond donors (Lipinski definition) is 2. The highest BCUT2D eigenvalue weighted by Crippen LogP contribution is 2.49. The second kappa shape index (κ2) is 8.00. The number of nitrogens with one attached hydrogen (secondary N) is 2. The lowest BCUT2D eigenvalue weighted by molar-refractivity contribution is -0.454. The average molecular weight is 405 g/mol. The van der Waals surface area contributed by atoms with E-state index in [0.717, 1.165) is 11.3 Å². The minimum atomic E-state index is -1.30. The number of ether oxygens (including phenoxy) is 3. The summed E-state index contributed by atoms with van der Waals surface area (Å²) in [7, 11) is 4.51. The van der Waals surface area contributed by atoms with E-state index in [1.807, 2.05) is 24.3 Å². The van der Waals surface area contributed by atoms with Crippen LogP contribution in [0.1, 0.15) is 25.3 Å². The molecule has 9 heteroatoms. The first kappa shape index (κ1) is 21.1. The van der Waals surface area contributed by atoms with E-state index >= 15 is 0 Å². The zero-order chi connectivity index (χ0) is 21.2. The summed E-state index contributed by atoms with van der Waals surface area (Å²) in [6, 6.07) is 7.65. The van der Waals surface area contributed by atoms with Gasteiger partial charge in [0.1, 0.15) is 17.5 Å². The summed E-state index contributed by atoms with van der Waals surface area (Å²) in [5.74, 6) is -1.09. The maximum Gasteiger partial charge on any atom is 0.294 e. The first-order valence-corrected chi connectivity index (χ1v) is 9.45. The molecule has 1 aliphatic heterocycles. The molecule has 0 radical (unpaired) electrons. The summed E-state index contributed by atoms with van der Waals surface area (Å²) in [6.45, 7) is 2.28. The molecule has 0 saturated heterocycles. The Morgan fingerprint density at radius 2 is 1.90 bits per heavy atom. The quantitative estimate of drug-likeness (QED) is 0.381. The fourth-order valence-electron chi connectivity index (χ4n) is 4.55. The van der Waals surface area contributed by atoms with Gasteiger partial charge in [0, 0.05) is 33.6 Å². The van der Waals surface area contributed by atoms with Crippen molar-refractivity contribution in [3.63, 3.8) is 0 Å². The Labute approximate surface area is 169 Å². The summed E-state index contributed by atoms with van der Waals surface area (Å²) in [6.07, 6.45) is 0.818. The van der Waals surface area contributed by atoms with E-state index in [4.69, 9.17) is 14.2 Å². The molecule has 1 aromatic rings. The smallest absolute Gasteiger partial charge is 0.294 e. The van der Waals surface area contributed by atoms with Gasteiger partial charge in [-0.1, -0.05) is 12.1 Å². The van der Waals surface area contributed by atoms with Crippen molar-refractivity contribution in [2.45, 2.75) is 37.5 Å². The number of rotatable bonds is 8. The molecule has 1 aromatic carbocycles. The van der Waals surface area contributed by atoms with Gasteiger partial charge in [0.05, 0.1) is 17.6 Å². The number of Topliss-reactive ketones (excluding diaryl/α,β-unsaturated/α-hetero) is 1. The predicted molar refractivity (Wildman–Crippen MR) is 105 cm³/mol. The highest BCUT2D eigenvalue weighted by Gasteiger charge is 2.66. The third kappa shape index (κ3) is 3.56. The molecule has 9 nitrogen and oxygen atoms in total. The Morgan fingerprint density at radius 1 is 1.24 bits per heavy atom. The number of nitro groups is 1. The molecule has 0 aromatic heterocycles. The lowest BCUT2D eigenvalue weighted by Gasteiger charge is -2.55. The summed E-state index contributed by atoms with van der Waals surface area (Å²) in [5, 5.41) is 18.2. The maximum absolute atomic E-state index is 12.3. The van der Waals surface area contributed by atoms with Crippen LogP contribution in [0.2, 0.25) is 0 Å². The van der Waals surface area contributed by atoms with Crippen molar-refractivity contribution in [1.29, 1.82) is 0 Å². The van der Waals surface area contributed by atoms with Gasteiger partial charge in [0.2, 0.25) is 5.79 Å². The molecule has 0 amide bonds. The van der Waals surface area contributed by atoms with E-state index < -0.39 is 22.2 Å². The standard InChI is InChI=1S/C20H27N3O6/c1-19-12-14(24)11-16(20(19,28-3)29-4)17(23(25)26)18(22-19)21-10-9-13-5-7-15(27-2)8-6-13/h5-8,16,21-22H,9-12H2,1-4H3. The second-order valence-corrected chi connectivity index (χ2v) is 7.55. The Kier molecular flexibility index (Phi) is 5.81. The van der Waals surface area contributed by atoms with Crippen LogP contribution in [0.5, 0.6) is 5.75 Å². The van der Waals surface area contributed by atoms with Gasteiger partial charge in [-0.05, 0) is 31.0 Å². The van der Waals surface area contributed by atoms with Crippen LogP contribution in [0.25, 0.3) is 0 Å². The normalized spacial score (nSPS) is 25.4. The zero-order valence-electron chi connectivity index (χ0n) is 17.1. The third-order valence-corrected chi connectivity index (χ3v) is 5.88. The van der Waals surface area contributed by atoms with Gasteiger partial charge in [0.25, 0.3) is 5.70 Å². The highest BCUT2D eigenvalue weighted by atomic mass is 16.7. The van der Waals surface area contributed by atoms with Crippen molar-refractivity contribution in [3.05, 3.63) is 51.5 Å². The highest BCUT2D eigenvalue weighted by molar-refractivity contribution is 5.82. The lowest BCUT2D eigenvalue weighted by atomic mass is 9.67. The molecule has 2 atom stereocenters. The molecule has 2 unspecified atom stereocenters. The Hall–Kier alpha value is -2.65. The molecular formula is C20H27N3O6. The molecule has 3 rings (SSSR count). The third-order valence-electron chi connectivity index (χ3n) is 5.88. The van der Waals surface area contributed by atoms with Crippen LogP contribution in [0.4, 0.5) is 0 Å². The van der Waals surface area contributed by atoms with E-state index in [2.05, 4.69) is 10.6 Å². The van der Waals surface area contributed by atoms with Gasteiger partial charge in [-0.2, -0.15) is 0 Å². The number of methoxy groups -OCH3 is 3. The number of fused-ring (bicyclic) bond motifs is 2. The molecule has 29 heavy (non-hydrogen) atoms. The molecule has 1 heterocycles. The van der Waals surface area contributed by atoms with E-state index in [1.165, 1.54) is 14.2 Å². The monoisotopic (exact) mass is 405 g/mol. The fraction of sp³-hybridized carbons (Fsp3) is 0.550. The van der Waals surface area contributed by atoms with Gasteiger partial charge < -0.3 is 24.8 Å². The van der Waals surface area contributed by atoms with Crippen LogP contribution in [0.15, 0.2) is 35.8 Å². The second-order valence-electron chi connectivity index (χ2n) is 7.55. The largest absolute Gasteiger partial charge is 0.497 e. The van der Waals surface area contributed by atoms with Crippen LogP contribution < -0.4 is 15.4 Å². The SMILES string of the molecule is COc1ccc(CCNC2=C([N+](=O)[O-])C3CC(=O)CC(C)(N2)C3(OC)OC)cc1. The van der Waals surface area contributed by atoms with Crippen molar-refractivity contribution in [1.82, 2.24) is 10.6 Å². The van der Waals surface area contributed by atoms with Crippen molar-refractivity contribution in [2.24, 2.45) is 5.92 Å². The fourth-order valence-corrected chi connectivity index (χ4v) is 4.55. The van der Waals surface area contributed by atoms with E-state index in [1.54, 1.807) is 14.0 Å². The number of carbonyl (C=O) groups is 1. The molecule has 2 bridgehead atoms. The molecule has 2 N–H and O–H groups in total. The average Bonchev–Trinajstić information content (AvgIpc) is 2.67. The molecule has 158 valence electrons. The summed E-state index contributed by atoms with van der Waals surface area (Å²) in [4.78, 5) is 23.8. The lowest BCUT2D eigenvalue weighted by Crippen LogP contribution is -2.73. The number of benzene rings is 1. The minimum Gasteiger partial charge on any atom is -0.497 e. The van der Waals surface area contributed by atoms with Gasteiger partial charge in [0.15, 0.2) is 5.82 Å². The van der Waals surface area contributed by atoms with Gasteiger partial charge >= 0.3 is 0 Å². The molecule has 1 fully saturated rings. The van der Waals surface area contributed by atoms with Gasteiger partial charge in [-0.3, -0.25) is 14.9 Å². The number of nitrogens with zero attached hydrogens (tertiary/aromatic N) is 1. The molecule has 1 aliphatic carbocycles. The van der Waals surface area contributed by atoms with Crippen LogP contribution in [0, 0.1) is 16.0 Å².